The maximum Gasteiger partial charge on any atom is 0.108 e. The van der Waals surface area contributed by atoms with E-state index in [1.807, 2.05) is 25.1 Å². The van der Waals surface area contributed by atoms with Crippen LogP contribution in [-0.4, -0.2) is 0 Å². The molecular formula is C14H15Cl2NO. The quantitative estimate of drug-likeness (QED) is 0.904. The Labute approximate surface area is 117 Å². The Morgan fingerprint density at radius 3 is 2.72 bits per heavy atom. The van der Waals surface area contributed by atoms with Gasteiger partial charge in [-0.15, -0.1) is 0 Å². The number of hydrogen-bond acceptors (Lipinski definition) is 2. The van der Waals surface area contributed by atoms with Gasteiger partial charge in [-0.25, -0.2) is 0 Å². The molecular weight excluding hydrogens is 269 g/mol. The number of rotatable bonds is 4. The second-order valence-corrected chi connectivity index (χ2v) is 5.04. The van der Waals surface area contributed by atoms with Crippen LogP contribution in [0.2, 0.25) is 10.0 Å². The molecule has 2 nitrogen and oxygen atoms in total. The predicted molar refractivity (Wildman–Crippen MR) is 75.2 cm³/mol. The maximum absolute atomic E-state index is 6.20. The molecule has 1 unspecified atom stereocenters. The minimum absolute atomic E-state index is 0.114. The van der Waals surface area contributed by atoms with Crippen LogP contribution < -0.4 is 5.73 Å². The van der Waals surface area contributed by atoms with Crippen LogP contribution in [0.1, 0.15) is 29.9 Å². The van der Waals surface area contributed by atoms with E-state index in [4.69, 9.17) is 33.4 Å². The molecule has 0 radical (unpaired) electrons. The van der Waals surface area contributed by atoms with Crippen molar-refractivity contribution in [2.45, 2.75) is 25.8 Å². The Balaban J connectivity index is 2.18. The van der Waals surface area contributed by atoms with Crippen molar-refractivity contribution in [2.75, 3.05) is 0 Å². The van der Waals surface area contributed by atoms with Crippen LogP contribution in [0.4, 0.5) is 0 Å². The van der Waals surface area contributed by atoms with E-state index in [0.29, 0.717) is 16.5 Å². The van der Waals surface area contributed by atoms with Gasteiger partial charge in [0.1, 0.15) is 5.76 Å². The summed E-state index contributed by atoms with van der Waals surface area (Å²) in [6.07, 6.45) is 3.18. The highest BCUT2D eigenvalue weighted by atomic mass is 35.5. The zero-order chi connectivity index (χ0) is 13.1. The minimum Gasteiger partial charge on any atom is -0.469 e. The van der Waals surface area contributed by atoms with E-state index in [1.54, 1.807) is 12.3 Å². The van der Waals surface area contributed by atoms with Crippen LogP contribution in [0.5, 0.6) is 0 Å². The fourth-order valence-electron chi connectivity index (χ4n) is 2.00. The standard InChI is InChI=1S/C14H15Cl2NO/c1-2-14-11(5-6-18-14)13(17)7-9-3-4-10(15)8-12(9)16/h3-6,8,13H,2,7,17H2,1H3. The summed E-state index contributed by atoms with van der Waals surface area (Å²) in [6, 6.07) is 7.29. The molecule has 0 saturated heterocycles. The van der Waals surface area contributed by atoms with Gasteiger partial charge >= 0.3 is 0 Å². The summed E-state index contributed by atoms with van der Waals surface area (Å²) in [4.78, 5) is 0. The van der Waals surface area contributed by atoms with Gasteiger partial charge in [0, 0.05) is 28.1 Å². The second kappa shape index (κ2) is 5.79. The van der Waals surface area contributed by atoms with Gasteiger partial charge in [-0.05, 0) is 30.2 Å². The summed E-state index contributed by atoms with van der Waals surface area (Å²) in [5.41, 5.74) is 8.25. The topological polar surface area (TPSA) is 39.2 Å². The maximum atomic E-state index is 6.20. The molecule has 0 aliphatic carbocycles. The van der Waals surface area contributed by atoms with Crippen molar-refractivity contribution >= 4 is 23.2 Å². The van der Waals surface area contributed by atoms with Gasteiger partial charge in [-0.2, -0.15) is 0 Å². The Bertz CT molecular complexity index is 536. The fraction of sp³-hybridized carbons (Fsp3) is 0.286. The van der Waals surface area contributed by atoms with Crippen molar-refractivity contribution in [2.24, 2.45) is 5.73 Å². The lowest BCUT2D eigenvalue weighted by Gasteiger charge is -2.13. The van der Waals surface area contributed by atoms with Crippen LogP contribution in [0, 0.1) is 0 Å². The predicted octanol–water partition coefficient (Wildman–Crippen LogP) is 4.39. The summed E-state index contributed by atoms with van der Waals surface area (Å²) < 4.78 is 5.39. The SMILES string of the molecule is CCc1occc1C(N)Cc1ccc(Cl)cc1Cl. The first-order chi connectivity index (χ1) is 8.61. The molecule has 0 aliphatic heterocycles. The third kappa shape index (κ3) is 2.89. The van der Waals surface area contributed by atoms with E-state index in [0.717, 1.165) is 23.3 Å². The van der Waals surface area contributed by atoms with Gasteiger partial charge in [0.2, 0.25) is 0 Å². The van der Waals surface area contributed by atoms with Crippen LogP contribution in [0.15, 0.2) is 34.9 Å². The zero-order valence-corrected chi connectivity index (χ0v) is 11.6. The number of nitrogens with two attached hydrogens (primary N) is 1. The number of hydrogen-bond donors (Lipinski definition) is 1. The van der Waals surface area contributed by atoms with Crippen molar-refractivity contribution < 1.29 is 4.42 Å². The lowest BCUT2D eigenvalue weighted by atomic mass is 9.99. The molecule has 0 bridgehead atoms. The molecule has 0 aliphatic rings. The van der Waals surface area contributed by atoms with Crippen LogP contribution in [-0.2, 0) is 12.8 Å². The lowest BCUT2D eigenvalue weighted by molar-refractivity contribution is 0.505. The van der Waals surface area contributed by atoms with Gasteiger partial charge in [-0.3, -0.25) is 0 Å². The van der Waals surface area contributed by atoms with Crippen molar-refractivity contribution in [1.29, 1.82) is 0 Å². The molecule has 1 atom stereocenters. The summed E-state index contributed by atoms with van der Waals surface area (Å²) in [6.45, 7) is 2.05. The third-order valence-electron chi connectivity index (χ3n) is 2.96. The van der Waals surface area contributed by atoms with Crippen molar-refractivity contribution in [3.05, 3.63) is 57.5 Å². The normalized spacial score (nSPS) is 12.7. The Hall–Kier alpha value is -0.960. The molecule has 2 rings (SSSR count). The molecule has 1 aromatic heterocycles. The molecule has 0 spiro atoms. The van der Waals surface area contributed by atoms with E-state index >= 15 is 0 Å². The fourth-order valence-corrected chi connectivity index (χ4v) is 2.49. The lowest BCUT2D eigenvalue weighted by Crippen LogP contribution is -2.14. The summed E-state index contributed by atoms with van der Waals surface area (Å²) >= 11 is 12.0. The largest absolute Gasteiger partial charge is 0.469 e. The monoisotopic (exact) mass is 283 g/mol. The molecule has 18 heavy (non-hydrogen) atoms. The Morgan fingerprint density at radius 2 is 2.06 bits per heavy atom. The molecule has 2 N–H and O–H groups in total. The van der Waals surface area contributed by atoms with E-state index in [2.05, 4.69) is 0 Å². The molecule has 0 saturated carbocycles. The third-order valence-corrected chi connectivity index (χ3v) is 3.54. The first-order valence-electron chi connectivity index (χ1n) is 5.87. The van der Waals surface area contributed by atoms with Crippen LogP contribution >= 0.6 is 23.2 Å². The van der Waals surface area contributed by atoms with E-state index in [9.17, 15) is 0 Å². The molecule has 4 heteroatoms. The number of benzene rings is 1. The summed E-state index contributed by atoms with van der Waals surface area (Å²) in [5, 5.41) is 1.29. The van der Waals surface area contributed by atoms with Crippen molar-refractivity contribution in [3.63, 3.8) is 0 Å². The van der Waals surface area contributed by atoms with Gasteiger partial charge in [0.15, 0.2) is 0 Å². The van der Waals surface area contributed by atoms with E-state index in [-0.39, 0.29) is 6.04 Å². The van der Waals surface area contributed by atoms with Crippen molar-refractivity contribution in [1.82, 2.24) is 0 Å². The van der Waals surface area contributed by atoms with Gasteiger partial charge in [-0.1, -0.05) is 36.2 Å². The van der Waals surface area contributed by atoms with Gasteiger partial charge < -0.3 is 10.2 Å². The first kappa shape index (κ1) is 13.5. The number of furan rings is 1. The molecule has 1 aromatic carbocycles. The van der Waals surface area contributed by atoms with Gasteiger partial charge in [0.05, 0.1) is 6.26 Å². The highest BCUT2D eigenvalue weighted by Crippen LogP contribution is 2.27. The van der Waals surface area contributed by atoms with E-state index in [1.165, 1.54) is 0 Å². The molecule has 2 aromatic rings. The first-order valence-corrected chi connectivity index (χ1v) is 6.63. The average Bonchev–Trinajstić information content (AvgIpc) is 2.81. The van der Waals surface area contributed by atoms with Gasteiger partial charge in [0.25, 0.3) is 0 Å². The van der Waals surface area contributed by atoms with Crippen LogP contribution in [0.25, 0.3) is 0 Å². The molecule has 1 heterocycles. The number of aryl methyl sites for hydroxylation is 1. The average molecular weight is 284 g/mol. The highest BCUT2D eigenvalue weighted by Gasteiger charge is 2.15. The van der Waals surface area contributed by atoms with E-state index < -0.39 is 0 Å². The molecule has 96 valence electrons. The number of halogens is 2. The highest BCUT2D eigenvalue weighted by molar-refractivity contribution is 6.35. The molecule has 0 fully saturated rings. The smallest absolute Gasteiger partial charge is 0.108 e. The summed E-state index contributed by atoms with van der Waals surface area (Å²) in [7, 11) is 0. The van der Waals surface area contributed by atoms with Crippen LogP contribution in [0.3, 0.4) is 0 Å². The zero-order valence-electron chi connectivity index (χ0n) is 10.1. The minimum atomic E-state index is -0.114. The Kier molecular flexibility index (Phi) is 4.33. The summed E-state index contributed by atoms with van der Waals surface area (Å²) in [5.74, 6) is 0.938. The molecule has 0 amide bonds. The second-order valence-electron chi connectivity index (χ2n) is 4.20. The van der Waals surface area contributed by atoms with Crippen molar-refractivity contribution in [3.8, 4) is 0 Å². The Morgan fingerprint density at radius 1 is 1.28 bits per heavy atom.